The highest BCUT2D eigenvalue weighted by Crippen LogP contribution is 2.24. The predicted molar refractivity (Wildman–Crippen MR) is 108 cm³/mol. The van der Waals surface area contributed by atoms with Crippen LogP contribution in [0.5, 0.6) is 5.75 Å². The molecule has 0 unspecified atom stereocenters. The number of nitrogens with one attached hydrogen (secondary N) is 1. The van der Waals surface area contributed by atoms with Crippen LogP contribution in [0.1, 0.15) is 43.2 Å². The normalized spacial score (nSPS) is 14.2. The van der Waals surface area contributed by atoms with Gasteiger partial charge in [0.05, 0.1) is 0 Å². The number of hydrogen-bond acceptors (Lipinski definition) is 2. The smallest absolute Gasteiger partial charge is 0.124 e. The van der Waals surface area contributed by atoms with Gasteiger partial charge < -0.3 is 10.1 Å². The molecule has 25 heavy (non-hydrogen) atoms. The van der Waals surface area contributed by atoms with Gasteiger partial charge in [0.15, 0.2) is 0 Å². The van der Waals surface area contributed by atoms with E-state index in [4.69, 9.17) is 4.74 Å². The maximum absolute atomic E-state index is 6.05. The van der Waals surface area contributed by atoms with Gasteiger partial charge in [-0.05, 0) is 62.4 Å². The zero-order valence-corrected chi connectivity index (χ0v) is 16.2. The molecule has 0 radical (unpaired) electrons. The zero-order chi connectivity index (χ0) is 17.3. The van der Waals surface area contributed by atoms with E-state index in [0.717, 1.165) is 29.7 Å². The lowest BCUT2D eigenvalue weighted by Crippen LogP contribution is -2.16. The van der Waals surface area contributed by atoms with Gasteiger partial charge >= 0.3 is 0 Å². The van der Waals surface area contributed by atoms with Crippen LogP contribution in [-0.2, 0) is 13.2 Å². The molecule has 0 amide bonds. The van der Waals surface area contributed by atoms with Crippen LogP contribution in [0.25, 0.3) is 0 Å². The molecule has 2 nitrogen and oxygen atoms in total. The minimum atomic E-state index is 0.600. The Morgan fingerprint density at radius 3 is 2.72 bits per heavy atom. The van der Waals surface area contributed by atoms with Crippen LogP contribution in [-0.4, -0.2) is 6.54 Å². The van der Waals surface area contributed by atoms with Gasteiger partial charge in [-0.3, -0.25) is 0 Å². The molecule has 1 aliphatic rings. The number of ether oxygens (including phenoxy) is 1. The van der Waals surface area contributed by atoms with Crippen molar-refractivity contribution in [2.45, 2.75) is 45.3 Å². The number of rotatable bonds is 8. The molecule has 0 atom stereocenters. The molecule has 0 aliphatic heterocycles. The molecule has 2 aromatic rings. The lowest BCUT2D eigenvalue weighted by atomic mass is 9.97. The van der Waals surface area contributed by atoms with E-state index < -0.39 is 0 Å². The summed E-state index contributed by atoms with van der Waals surface area (Å²) in [5.74, 6) is 0.955. The van der Waals surface area contributed by atoms with Crippen molar-refractivity contribution in [2.24, 2.45) is 0 Å². The Labute approximate surface area is 159 Å². The van der Waals surface area contributed by atoms with E-state index in [1.165, 1.54) is 36.8 Å². The molecule has 1 N–H and O–H groups in total. The van der Waals surface area contributed by atoms with Crippen LogP contribution in [0.15, 0.2) is 64.7 Å². The van der Waals surface area contributed by atoms with E-state index >= 15 is 0 Å². The summed E-state index contributed by atoms with van der Waals surface area (Å²) in [6, 6.07) is 16.5. The topological polar surface area (TPSA) is 21.3 Å². The molecule has 0 saturated carbocycles. The minimum absolute atomic E-state index is 0.600. The van der Waals surface area contributed by atoms with Crippen molar-refractivity contribution >= 4 is 15.9 Å². The van der Waals surface area contributed by atoms with Crippen LogP contribution in [0, 0.1) is 0 Å². The second-order valence-electron chi connectivity index (χ2n) is 6.56. The zero-order valence-electron chi connectivity index (χ0n) is 14.6. The largest absolute Gasteiger partial charge is 0.489 e. The van der Waals surface area contributed by atoms with E-state index in [1.54, 1.807) is 5.57 Å². The molecular formula is C22H26BrNO. The summed E-state index contributed by atoms with van der Waals surface area (Å²) in [4.78, 5) is 0. The molecule has 2 aromatic carbocycles. The maximum Gasteiger partial charge on any atom is 0.124 e. The van der Waals surface area contributed by atoms with Crippen LogP contribution in [0.3, 0.4) is 0 Å². The fraction of sp³-hybridized carbons (Fsp3) is 0.364. The Hall–Kier alpha value is -1.58. The molecule has 0 saturated heterocycles. The Morgan fingerprint density at radius 2 is 1.92 bits per heavy atom. The second kappa shape index (κ2) is 9.79. The molecule has 0 spiro atoms. The molecule has 3 heteroatoms. The van der Waals surface area contributed by atoms with Crippen LogP contribution in [0.2, 0.25) is 0 Å². The van der Waals surface area contributed by atoms with Gasteiger partial charge in [-0.2, -0.15) is 0 Å². The Morgan fingerprint density at radius 1 is 1.04 bits per heavy atom. The summed E-state index contributed by atoms with van der Waals surface area (Å²) in [5.41, 5.74) is 4.00. The standard InChI is InChI=1S/C22H26BrNO/c23-21-11-12-22(25-17-19-9-5-2-6-10-19)20(15-21)16-24-14-13-18-7-3-1-4-8-18/h2,5-7,9-12,15,24H,1,3-4,8,13-14,16-17H2. The van der Waals surface area contributed by atoms with Crippen molar-refractivity contribution in [1.29, 1.82) is 0 Å². The summed E-state index contributed by atoms with van der Waals surface area (Å²) < 4.78 is 7.14. The first kappa shape index (κ1) is 18.2. The average molecular weight is 400 g/mol. The summed E-state index contributed by atoms with van der Waals surface area (Å²) in [7, 11) is 0. The van der Waals surface area contributed by atoms with Crippen LogP contribution < -0.4 is 10.1 Å². The van der Waals surface area contributed by atoms with E-state index in [1.807, 2.05) is 30.3 Å². The van der Waals surface area contributed by atoms with Crippen molar-refractivity contribution in [3.05, 3.63) is 75.8 Å². The van der Waals surface area contributed by atoms with Gasteiger partial charge in [0.25, 0.3) is 0 Å². The van der Waals surface area contributed by atoms with Gasteiger partial charge in [-0.1, -0.05) is 57.9 Å². The third kappa shape index (κ3) is 6.02. The number of benzene rings is 2. The molecule has 0 fully saturated rings. The summed E-state index contributed by atoms with van der Waals surface area (Å²) >= 11 is 3.57. The number of allylic oxidation sites excluding steroid dienone is 1. The summed E-state index contributed by atoms with van der Waals surface area (Å²) in [5, 5.41) is 3.57. The fourth-order valence-corrected chi connectivity index (χ4v) is 3.57. The van der Waals surface area contributed by atoms with E-state index in [0.29, 0.717) is 6.61 Å². The minimum Gasteiger partial charge on any atom is -0.489 e. The molecular weight excluding hydrogens is 374 g/mol. The summed E-state index contributed by atoms with van der Waals surface area (Å²) in [6.07, 6.45) is 8.85. The first-order chi connectivity index (χ1) is 12.3. The van der Waals surface area contributed by atoms with Crippen LogP contribution in [0.4, 0.5) is 0 Å². The molecule has 132 valence electrons. The Balaban J connectivity index is 1.52. The highest BCUT2D eigenvalue weighted by Gasteiger charge is 2.07. The average Bonchev–Trinajstić information content (AvgIpc) is 2.66. The lowest BCUT2D eigenvalue weighted by molar-refractivity contribution is 0.302. The molecule has 0 aromatic heterocycles. The van der Waals surface area contributed by atoms with Crippen molar-refractivity contribution < 1.29 is 4.74 Å². The fourth-order valence-electron chi connectivity index (χ4n) is 3.17. The highest BCUT2D eigenvalue weighted by atomic mass is 79.9. The Bertz CT molecular complexity index is 696. The predicted octanol–water partition coefficient (Wildman–Crippen LogP) is 6.01. The molecule has 1 aliphatic carbocycles. The van der Waals surface area contributed by atoms with Gasteiger partial charge in [0, 0.05) is 16.6 Å². The van der Waals surface area contributed by atoms with Gasteiger partial charge in [-0.15, -0.1) is 0 Å². The number of hydrogen-bond donors (Lipinski definition) is 1. The SMILES string of the molecule is Brc1ccc(OCc2ccccc2)c(CNCCC2=CCCCC2)c1. The maximum atomic E-state index is 6.05. The second-order valence-corrected chi connectivity index (χ2v) is 7.48. The quantitative estimate of drug-likeness (QED) is 0.433. The van der Waals surface area contributed by atoms with Crippen molar-refractivity contribution in [2.75, 3.05) is 6.54 Å². The molecule has 0 heterocycles. The third-order valence-electron chi connectivity index (χ3n) is 4.58. The van der Waals surface area contributed by atoms with Crippen LogP contribution >= 0.6 is 15.9 Å². The van der Waals surface area contributed by atoms with Gasteiger partial charge in [-0.25, -0.2) is 0 Å². The lowest BCUT2D eigenvalue weighted by Gasteiger charge is -2.15. The Kier molecular flexibility index (Phi) is 7.13. The molecule has 0 bridgehead atoms. The monoisotopic (exact) mass is 399 g/mol. The van der Waals surface area contributed by atoms with E-state index in [9.17, 15) is 0 Å². The van der Waals surface area contributed by atoms with Crippen molar-refractivity contribution in [3.63, 3.8) is 0 Å². The van der Waals surface area contributed by atoms with Gasteiger partial charge in [0.1, 0.15) is 12.4 Å². The first-order valence-electron chi connectivity index (χ1n) is 9.15. The molecule has 3 rings (SSSR count). The van der Waals surface area contributed by atoms with E-state index in [2.05, 4.69) is 45.5 Å². The highest BCUT2D eigenvalue weighted by molar-refractivity contribution is 9.10. The van der Waals surface area contributed by atoms with Crippen molar-refractivity contribution in [1.82, 2.24) is 5.32 Å². The number of halogens is 1. The van der Waals surface area contributed by atoms with Crippen molar-refractivity contribution in [3.8, 4) is 5.75 Å². The van der Waals surface area contributed by atoms with E-state index in [-0.39, 0.29) is 0 Å². The third-order valence-corrected chi connectivity index (χ3v) is 5.08. The van der Waals surface area contributed by atoms with Gasteiger partial charge in [0.2, 0.25) is 0 Å². The first-order valence-corrected chi connectivity index (χ1v) is 9.94. The summed E-state index contributed by atoms with van der Waals surface area (Å²) in [6.45, 7) is 2.45.